The van der Waals surface area contributed by atoms with Crippen LogP contribution in [0.3, 0.4) is 0 Å². The van der Waals surface area contributed by atoms with Crippen molar-refractivity contribution in [3.05, 3.63) is 10.4 Å². The largest absolute Gasteiger partial charge is 0.467 e. The van der Waals surface area contributed by atoms with E-state index in [2.05, 4.69) is 19.5 Å². The van der Waals surface area contributed by atoms with Crippen molar-refractivity contribution in [1.82, 2.24) is 0 Å². The summed E-state index contributed by atoms with van der Waals surface area (Å²) < 4.78 is 9.02. The molecule has 0 aromatic carbocycles. The van der Waals surface area contributed by atoms with Crippen LogP contribution < -0.4 is 0 Å². The standard InChI is InChI=1S/C5H9N3O3/c1-10-4(3-7-8-6)5(9)11-2/h4H,3H2,1-2H3. The summed E-state index contributed by atoms with van der Waals surface area (Å²) >= 11 is 0. The van der Waals surface area contributed by atoms with E-state index in [0.29, 0.717) is 0 Å². The molecule has 0 saturated heterocycles. The fourth-order valence-electron chi connectivity index (χ4n) is 0.487. The lowest BCUT2D eigenvalue weighted by Gasteiger charge is -2.08. The van der Waals surface area contributed by atoms with Crippen LogP contribution in [0.25, 0.3) is 10.4 Å². The number of esters is 1. The zero-order chi connectivity index (χ0) is 8.69. The molecule has 62 valence electrons. The third-order valence-corrected chi connectivity index (χ3v) is 1.06. The predicted octanol–water partition coefficient (Wildman–Crippen LogP) is 0.485. The van der Waals surface area contributed by atoms with Crippen molar-refractivity contribution in [3.8, 4) is 0 Å². The second kappa shape index (κ2) is 5.52. The van der Waals surface area contributed by atoms with Gasteiger partial charge in [-0.25, -0.2) is 4.79 Å². The number of carbonyl (C=O) groups is 1. The molecule has 6 nitrogen and oxygen atoms in total. The fourth-order valence-corrected chi connectivity index (χ4v) is 0.487. The average molecular weight is 159 g/mol. The number of hydrogen-bond acceptors (Lipinski definition) is 4. The molecule has 0 aliphatic heterocycles. The van der Waals surface area contributed by atoms with Gasteiger partial charge in [0.2, 0.25) is 0 Å². The van der Waals surface area contributed by atoms with Gasteiger partial charge in [0.1, 0.15) is 0 Å². The molecular weight excluding hydrogens is 150 g/mol. The number of carbonyl (C=O) groups excluding carboxylic acids is 1. The summed E-state index contributed by atoms with van der Waals surface area (Å²) in [6.45, 7) is -0.0420. The van der Waals surface area contributed by atoms with Crippen LogP contribution in [0.15, 0.2) is 5.11 Å². The number of ether oxygens (including phenoxy) is 2. The van der Waals surface area contributed by atoms with Crippen LogP contribution in [0.5, 0.6) is 0 Å². The lowest BCUT2D eigenvalue weighted by atomic mass is 10.4. The number of hydrogen-bond donors (Lipinski definition) is 0. The molecule has 6 heteroatoms. The first-order valence-electron chi connectivity index (χ1n) is 2.87. The summed E-state index contributed by atoms with van der Waals surface area (Å²) in [4.78, 5) is 13.2. The normalized spacial score (nSPS) is 11.5. The molecule has 1 unspecified atom stereocenters. The first-order valence-corrected chi connectivity index (χ1v) is 2.87. The van der Waals surface area contributed by atoms with Gasteiger partial charge in [0.15, 0.2) is 6.10 Å². The summed E-state index contributed by atoms with van der Waals surface area (Å²) in [5.74, 6) is -0.542. The summed E-state index contributed by atoms with van der Waals surface area (Å²) in [6.07, 6.45) is -0.795. The topological polar surface area (TPSA) is 84.3 Å². The molecular formula is C5H9N3O3. The highest BCUT2D eigenvalue weighted by atomic mass is 16.6. The Kier molecular flexibility index (Phi) is 4.89. The minimum Gasteiger partial charge on any atom is -0.467 e. The minimum atomic E-state index is -0.795. The van der Waals surface area contributed by atoms with Gasteiger partial charge < -0.3 is 9.47 Å². The maximum absolute atomic E-state index is 10.7. The predicted molar refractivity (Wildman–Crippen MR) is 36.8 cm³/mol. The van der Waals surface area contributed by atoms with Gasteiger partial charge in [-0.1, -0.05) is 5.11 Å². The monoisotopic (exact) mass is 159 g/mol. The lowest BCUT2D eigenvalue weighted by molar-refractivity contribution is -0.151. The van der Waals surface area contributed by atoms with Gasteiger partial charge in [-0.3, -0.25) is 0 Å². The molecule has 0 aromatic heterocycles. The van der Waals surface area contributed by atoms with Crippen molar-refractivity contribution in [2.75, 3.05) is 20.8 Å². The third kappa shape index (κ3) is 3.44. The first kappa shape index (κ1) is 9.74. The quantitative estimate of drug-likeness (QED) is 0.259. The van der Waals surface area contributed by atoms with Crippen LogP contribution in [0.1, 0.15) is 0 Å². The molecule has 0 aliphatic rings. The van der Waals surface area contributed by atoms with Crippen LogP contribution in [-0.4, -0.2) is 32.8 Å². The van der Waals surface area contributed by atoms with E-state index in [-0.39, 0.29) is 6.54 Å². The number of methoxy groups -OCH3 is 2. The molecule has 1 atom stereocenters. The minimum absolute atomic E-state index is 0.0420. The van der Waals surface area contributed by atoms with E-state index in [0.717, 1.165) is 0 Å². The molecule has 0 amide bonds. The van der Waals surface area contributed by atoms with Crippen molar-refractivity contribution in [3.63, 3.8) is 0 Å². The van der Waals surface area contributed by atoms with E-state index in [1.54, 1.807) is 0 Å². The molecule has 0 aliphatic carbocycles. The molecule has 0 bridgehead atoms. The highest BCUT2D eigenvalue weighted by molar-refractivity contribution is 5.74. The fraction of sp³-hybridized carbons (Fsp3) is 0.800. The van der Waals surface area contributed by atoms with E-state index < -0.39 is 12.1 Å². The van der Waals surface area contributed by atoms with Crippen molar-refractivity contribution < 1.29 is 14.3 Å². The van der Waals surface area contributed by atoms with Gasteiger partial charge in [-0.05, 0) is 5.53 Å². The Labute approximate surface area is 63.7 Å². The highest BCUT2D eigenvalue weighted by Gasteiger charge is 2.16. The van der Waals surface area contributed by atoms with E-state index in [4.69, 9.17) is 5.53 Å². The molecule has 0 rings (SSSR count). The summed E-state index contributed by atoms with van der Waals surface area (Å²) in [5, 5.41) is 3.17. The van der Waals surface area contributed by atoms with Crippen LogP contribution in [0, 0.1) is 0 Å². The van der Waals surface area contributed by atoms with Gasteiger partial charge in [0, 0.05) is 12.0 Å². The molecule has 0 radical (unpaired) electrons. The van der Waals surface area contributed by atoms with Gasteiger partial charge >= 0.3 is 5.97 Å². The maximum Gasteiger partial charge on any atom is 0.335 e. The Morgan fingerprint density at radius 3 is 2.73 bits per heavy atom. The van der Waals surface area contributed by atoms with E-state index in [1.165, 1.54) is 14.2 Å². The molecule has 11 heavy (non-hydrogen) atoms. The van der Waals surface area contributed by atoms with E-state index in [9.17, 15) is 4.79 Å². The number of azide groups is 1. The summed E-state index contributed by atoms with van der Waals surface area (Å²) in [6, 6.07) is 0. The third-order valence-electron chi connectivity index (χ3n) is 1.06. The van der Waals surface area contributed by atoms with Crippen molar-refractivity contribution >= 4 is 5.97 Å². The van der Waals surface area contributed by atoms with Crippen molar-refractivity contribution in [2.24, 2.45) is 5.11 Å². The Balaban J connectivity index is 3.94. The Morgan fingerprint density at radius 2 is 2.36 bits per heavy atom. The first-order chi connectivity index (χ1) is 5.26. The van der Waals surface area contributed by atoms with Crippen LogP contribution in [0.4, 0.5) is 0 Å². The molecule has 0 spiro atoms. The van der Waals surface area contributed by atoms with Gasteiger partial charge in [0.05, 0.1) is 13.7 Å². The maximum atomic E-state index is 10.7. The zero-order valence-electron chi connectivity index (χ0n) is 6.35. The SMILES string of the molecule is COC(=O)C(CN=[N+]=[N-])OC. The van der Waals surface area contributed by atoms with Gasteiger partial charge in [-0.2, -0.15) is 0 Å². The van der Waals surface area contributed by atoms with Crippen LogP contribution in [0.2, 0.25) is 0 Å². The molecule has 0 aromatic rings. The molecule has 0 fully saturated rings. The average Bonchev–Trinajstić information content (AvgIpc) is 2.05. The van der Waals surface area contributed by atoms with E-state index >= 15 is 0 Å². The number of rotatable bonds is 4. The van der Waals surface area contributed by atoms with Crippen molar-refractivity contribution in [1.29, 1.82) is 0 Å². The smallest absolute Gasteiger partial charge is 0.335 e. The van der Waals surface area contributed by atoms with Gasteiger partial charge in [-0.15, -0.1) is 0 Å². The number of nitrogens with zero attached hydrogens (tertiary/aromatic N) is 3. The van der Waals surface area contributed by atoms with E-state index in [1.807, 2.05) is 0 Å². The second-order valence-corrected chi connectivity index (χ2v) is 1.66. The Bertz CT molecular complexity index is 176. The molecule has 0 N–H and O–H groups in total. The van der Waals surface area contributed by atoms with Crippen LogP contribution >= 0.6 is 0 Å². The zero-order valence-corrected chi connectivity index (χ0v) is 6.35. The molecule has 0 saturated carbocycles. The highest BCUT2D eigenvalue weighted by Crippen LogP contribution is 1.93. The molecule has 0 heterocycles. The Hall–Kier alpha value is -1.26. The van der Waals surface area contributed by atoms with Crippen molar-refractivity contribution in [2.45, 2.75) is 6.10 Å². The summed E-state index contributed by atoms with van der Waals surface area (Å²) in [7, 11) is 2.58. The lowest BCUT2D eigenvalue weighted by Crippen LogP contribution is -2.26. The second-order valence-electron chi connectivity index (χ2n) is 1.66. The Morgan fingerprint density at radius 1 is 1.73 bits per heavy atom. The summed E-state index contributed by atoms with van der Waals surface area (Å²) in [5.41, 5.74) is 7.92. The van der Waals surface area contributed by atoms with Gasteiger partial charge in [0.25, 0.3) is 0 Å². The van der Waals surface area contributed by atoms with Crippen LogP contribution in [-0.2, 0) is 14.3 Å².